The Bertz CT molecular complexity index is 560. The first-order chi connectivity index (χ1) is 8.06. The summed E-state index contributed by atoms with van der Waals surface area (Å²) < 4.78 is 7.35. The van der Waals surface area contributed by atoms with E-state index >= 15 is 0 Å². The van der Waals surface area contributed by atoms with Crippen molar-refractivity contribution in [3.05, 3.63) is 50.0 Å². The van der Waals surface area contributed by atoms with Gasteiger partial charge in [-0.2, -0.15) is 0 Å². The van der Waals surface area contributed by atoms with Crippen LogP contribution in [0.2, 0.25) is 5.02 Å². The lowest BCUT2D eigenvalue weighted by Gasteiger charge is -2.08. The number of aromatic nitrogens is 1. The van der Waals surface area contributed by atoms with Crippen LogP contribution in [0.25, 0.3) is 0 Å². The molecule has 0 aliphatic carbocycles. The minimum absolute atomic E-state index is 0.523. The number of halogens is 3. The Kier molecular flexibility index (Phi) is 4.07. The molecule has 1 aromatic carbocycles. The third-order valence-corrected chi connectivity index (χ3v) is 3.54. The number of ether oxygens (including phenoxy) is 1. The van der Waals surface area contributed by atoms with Crippen LogP contribution in [0.1, 0.15) is 5.56 Å². The third-order valence-electron chi connectivity index (χ3n) is 2.12. The quantitative estimate of drug-likeness (QED) is 0.703. The van der Waals surface area contributed by atoms with Gasteiger partial charge in [-0.1, -0.05) is 11.6 Å². The minimum atomic E-state index is 0.523. The van der Waals surface area contributed by atoms with E-state index in [0.717, 1.165) is 19.5 Å². The third kappa shape index (κ3) is 3.21. The summed E-state index contributed by atoms with van der Waals surface area (Å²) in [7, 11) is 0. The number of hydrogen-bond donors (Lipinski definition) is 0. The lowest BCUT2D eigenvalue weighted by Crippen LogP contribution is -1.89. The van der Waals surface area contributed by atoms with Crippen LogP contribution >= 0.6 is 43.5 Å². The second-order valence-corrected chi connectivity index (χ2v) is 5.63. The van der Waals surface area contributed by atoms with E-state index in [1.165, 1.54) is 0 Å². The van der Waals surface area contributed by atoms with Gasteiger partial charge < -0.3 is 4.74 Å². The van der Waals surface area contributed by atoms with Gasteiger partial charge >= 0.3 is 0 Å². The van der Waals surface area contributed by atoms with Crippen LogP contribution in [0.15, 0.2) is 39.4 Å². The number of aryl methyl sites for hydroxylation is 1. The molecule has 0 bridgehead atoms. The molecule has 1 aromatic heterocycles. The molecule has 0 saturated carbocycles. The highest BCUT2D eigenvalue weighted by Gasteiger charge is 2.06. The molecule has 0 aliphatic heterocycles. The summed E-state index contributed by atoms with van der Waals surface area (Å²) in [4.78, 5) is 4.18. The summed E-state index contributed by atoms with van der Waals surface area (Å²) in [5.41, 5.74) is 0.970. The predicted octanol–water partition coefficient (Wildman–Crippen LogP) is 5.36. The zero-order valence-electron chi connectivity index (χ0n) is 8.88. The Morgan fingerprint density at radius 1 is 1.24 bits per heavy atom. The van der Waals surface area contributed by atoms with E-state index in [2.05, 4.69) is 36.8 Å². The van der Waals surface area contributed by atoms with Crippen molar-refractivity contribution in [2.24, 2.45) is 0 Å². The number of nitrogens with zero attached hydrogens (tertiary/aromatic N) is 1. The van der Waals surface area contributed by atoms with E-state index in [-0.39, 0.29) is 0 Å². The van der Waals surface area contributed by atoms with E-state index < -0.39 is 0 Å². The first-order valence-electron chi connectivity index (χ1n) is 4.81. The summed E-state index contributed by atoms with van der Waals surface area (Å²) in [6.45, 7) is 1.93. The van der Waals surface area contributed by atoms with Gasteiger partial charge in [0, 0.05) is 15.7 Å². The molecule has 0 spiro atoms. The highest BCUT2D eigenvalue weighted by atomic mass is 79.9. The normalized spacial score (nSPS) is 10.4. The molecule has 5 heteroatoms. The summed E-state index contributed by atoms with van der Waals surface area (Å²) in [5, 5.41) is 0.722. The van der Waals surface area contributed by atoms with Gasteiger partial charge in [-0.25, -0.2) is 4.98 Å². The Hall–Kier alpha value is -0.580. The molecule has 0 atom stereocenters. The first-order valence-corrected chi connectivity index (χ1v) is 6.78. The summed E-state index contributed by atoms with van der Waals surface area (Å²) in [6.07, 6.45) is 1.68. The first kappa shape index (κ1) is 12.9. The Morgan fingerprint density at radius 2 is 2.00 bits per heavy atom. The lowest BCUT2D eigenvalue weighted by molar-refractivity contribution is 0.459. The van der Waals surface area contributed by atoms with Crippen LogP contribution in [-0.2, 0) is 0 Å². The van der Waals surface area contributed by atoms with E-state index in [0.29, 0.717) is 11.6 Å². The van der Waals surface area contributed by atoms with Crippen molar-refractivity contribution in [3.63, 3.8) is 0 Å². The van der Waals surface area contributed by atoms with Gasteiger partial charge in [-0.15, -0.1) is 0 Å². The topological polar surface area (TPSA) is 22.1 Å². The smallest absolute Gasteiger partial charge is 0.233 e. The number of pyridine rings is 1. The standard InChI is InChI=1S/C12H8Br2ClNO/c1-7-4-9(2-3-11(7)15)17-12-10(14)5-8(13)6-16-12/h2-6H,1H3. The number of hydrogen-bond acceptors (Lipinski definition) is 2. The maximum atomic E-state index is 5.95. The summed E-state index contributed by atoms with van der Waals surface area (Å²) >= 11 is 12.7. The van der Waals surface area contributed by atoms with Crippen molar-refractivity contribution in [2.75, 3.05) is 0 Å². The molecule has 0 unspecified atom stereocenters. The zero-order valence-corrected chi connectivity index (χ0v) is 12.8. The Balaban J connectivity index is 2.28. The summed E-state index contributed by atoms with van der Waals surface area (Å²) in [6, 6.07) is 7.37. The van der Waals surface area contributed by atoms with E-state index in [1.807, 2.05) is 25.1 Å². The molecule has 1 heterocycles. The highest BCUT2D eigenvalue weighted by Crippen LogP contribution is 2.30. The fourth-order valence-corrected chi connectivity index (χ4v) is 2.46. The van der Waals surface area contributed by atoms with Gasteiger partial charge in [0.25, 0.3) is 0 Å². The monoisotopic (exact) mass is 375 g/mol. The van der Waals surface area contributed by atoms with Crippen molar-refractivity contribution in [3.8, 4) is 11.6 Å². The molecule has 0 fully saturated rings. The van der Waals surface area contributed by atoms with Crippen LogP contribution in [-0.4, -0.2) is 4.98 Å². The SMILES string of the molecule is Cc1cc(Oc2ncc(Br)cc2Br)ccc1Cl. The van der Waals surface area contributed by atoms with Gasteiger partial charge in [0.2, 0.25) is 5.88 Å². The van der Waals surface area contributed by atoms with Crippen molar-refractivity contribution >= 4 is 43.5 Å². The predicted molar refractivity (Wildman–Crippen MR) is 75.9 cm³/mol. The van der Waals surface area contributed by atoms with Gasteiger partial charge in [0.05, 0.1) is 4.47 Å². The fraction of sp³-hybridized carbons (Fsp3) is 0.0833. The molecule has 2 nitrogen and oxygen atoms in total. The maximum Gasteiger partial charge on any atom is 0.233 e. The van der Waals surface area contributed by atoms with Crippen LogP contribution in [0, 0.1) is 6.92 Å². The van der Waals surface area contributed by atoms with Crippen molar-refractivity contribution in [1.29, 1.82) is 0 Å². The van der Waals surface area contributed by atoms with Crippen molar-refractivity contribution in [1.82, 2.24) is 4.98 Å². The molecular weight excluding hydrogens is 369 g/mol. The van der Waals surface area contributed by atoms with E-state index in [4.69, 9.17) is 16.3 Å². The van der Waals surface area contributed by atoms with Gasteiger partial charge in [-0.05, 0) is 68.6 Å². The molecule has 0 radical (unpaired) electrons. The molecular formula is C12H8Br2ClNO. The second kappa shape index (κ2) is 5.38. The fourth-order valence-electron chi connectivity index (χ4n) is 1.27. The largest absolute Gasteiger partial charge is 0.438 e. The molecule has 0 saturated heterocycles. The number of benzene rings is 1. The Morgan fingerprint density at radius 3 is 2.65 bits per heavy atom. The second-order valence-electron chi connectivity index (χ2n) is 3.45. The van der Waals surface area contributed by atoms with Crippen LogP contribution < -0.4 is 4.74 Å². The summed E-state index contributed by atoms with van der Waals surface area (Å²) in [5.74, 6) is 1.23. The molecule has 2 aromatic rings. The van der Waals surface area contributed by atoms with Gasteiger partial charge in [-0.3, -0.25) is 0 Å². The van der Waals surface area contributed by atoms with Gasteiger partial charge in [0.1, 0.15) is 5.75 Å². The van der Waals surface area contributed by atoms with Crippen molar-refractivity contribution < 1.29 is 4.74 Å². The Labute approximate surface area is 121 Å². The molecule has 17 heavy (non-hydrogen) atoms. The van der Waals surface area contributed by atoms with Crippen LogP contribution in [0.5, 0.6) is 11.6 Å². The maximum absolute atomic E-state index is 5.95. The van der Waals surface area contributed by atoms with Crippen LogP contribution in [0.4, 0.5) is 0 Å². The average molecular weight is 377 g/mol. The molecule has 0 N–H and O–H groups in total. The van der Waals surface area contributed by atoms with E-state index in [9.17, 15) is 0 Å². The number of rotatable bonds is 2. The lowest BCUT2D eigenvalue weighted by atomic mass is 10.2. The average Bonchev–Trinajstić information content (AvgIpc) is 2.27. The highest BCUT2D eigenvalue weighted by molar-refractivity contribution is 9.11. The van der Waals surface area contributed by atoms with Gasteiger partial charge in [0.15, 0.2) is 0 Å². The van der Waals surface area contributed by atoms with E-state index in [1.54, 1.807) is 12.3 Å². The molecule has 0 amide bonds. The van der Waals surface area contributed by atoms with Crippen molar-refractivity contribution in [2.45, 2.75) is 6.92 Å². The molecule has 88 valence electrons. The molecule has 0 aliphatic rings. The van der Waals surface area contributed by atoms with Crippen LogP contribution in [0.3, 0.4) is 0 Å². The minimum Gasteiger partial charge on any atom is -0.438 e. The molecule has 2 rings (SSSR count). The zero-order chi connectivity index (χ0) is 12.4.